The number of hydrogen-bond acceptors (Lipinski definition) is 2. The van der Waals surface area contributed by atoms with Gasteiger partial charge in [-0.15, -0.1) is 0 Å². The molecule has 0 saturated carbocycles. The monoisotopic (exact) mass is 328 g/mol. The van der Waals surface area contributed by atoms with Gasteiger partial charge in [0.1, 0.15) is 5.76 Å². The summed E-state index contributed by atoms with van der Waals surface area (Å²) in [5, 5.41) is 0.408. The van der Waals surface area contributed by atoms with Gasteiger partial charge in [-0.2, -0.15) is 0 Å². The van der Waals surface area contributed by atoms with Gasteiger partial charge in [-0.3, -0.25) is 0 Å². The molecule has 1 heterocycles. The highest BCUT2D eigenvalue weighted by atomic mass is 79.9. The summed E-state index contributed by atoms with van der Waals surface area (Å²) in [6.45, 7) is 0.741. The zero-order valence-corrected chi connectivity index (χ0v) is 12.4. The Kier molecular flexibility index (Phi) is 4.87. The topological polar surface area (TPSA) is 22.4 Å². The summed E-state index contributed by atoms with van der Waals surface area (Å²) in [5.74, 6) is 0.810. The van der Waals surface area contributed by atoms with E-state index in [9.17, 15) is 0 Å². The highest BCUT2D eigenvalue weighted by Gasteiger charge is 2.14. The minimum absolute atomic E-state index is 0.0291. The molecule has 0 fully saturated rings. The third-order valence-corrected chi connectivity index (χ3v) is 3.89. The van der Waals surface area contributed by atoms with Gasteiger partial charge in [0.2, 0.25) is 0 Å². The summed E-state index contributed by atoms with van der Waals surface area (Å²) in [6, 6.07) is 12.0. The maximum absolute atomic E-state index is 5.77. The Labute approximate surface area is 120 Å². The molecule has 96 valence electrons. The van der Waals surface area contributed by atoms with E-state index in [4.69, 9.17) is 20.8 Å². The van der Waals surface area contributed by atoms with Gasteiger partial charge in [0.05, 0.1) is 11.4 Å². The van der Waals surface area contributed by atoms with E-state index in [-0.39, 0.29) is 4.83 Å². The summed E-state index contributed by atoms with van der Waals surface area (Å²) >= 11 is 9.38. The zero-order valence-electron chi connectivity index (χ0n) is 10.0. The van der Waals surface area contributed by atoms with E-state index >= 15 is 0 Å². The third kappa shape index (κ3) is 3.37. The molecule has 1 atom stereocenters. The van der Waals surface area contributed by atoms with Crippen molar-refractivity contribution >= 4 is 27.5 Å². The van der Waals surface area contributed by atoms with Crippen molar-refractivity contribution in [3.8, 4) is 0 Å². The van der Waals surface area contributed by atoms with Crippen molar-refractivity contribution in [2.24, 2.45) is 0 Å². The van der Waals surface area contributed by atoms with Crippen molar-refractivity contribution in [3.05, 3.63) is 58.5 Å². The fourth-order valence-electron chi connectivity index (χ4n) is 1.70. The molecule has 0 spiro atoms. The molecule has 0 aliphatic rings. The van der Waals surface area contributed by atoms with Crippen LogP contribution in [0.1, 0.15) is 21.7 Å². The summed E-state index contributed by atoms with van der Waals surface area (Å²) < 4.78 is 10.4. The van der Waals surface area contributed by atoms with Gasteiger partial charge < -0.3 is 9.15 Å². The number of halogens is 2. The van der Waals surface area contributed by atoms with E-state index in [1.165, 1.54) is 5.56 Å². The first kappa shape index (κ1) is 13.7. The van der Waals surface area contributed by atoms with Crippen LogP contribution in [0.4, 0.5) is 0 Å². The zero-order chi connectivity index (χ0) is 13.0. The van der Waals surface area contributed by atoms with Gasteiger partial charge >= 0.3 is 0 Å². The average molecular weight is 330 g/mol. The quantitative estimate of drug-likeness (QED) is 0.748. The fourth-order valence-corrected chi connectivity index (χ4v) is 2.41. The molecule has 0 radical (unpaired) electrons. The molecule has 4 heteroatoms. The standard InChI is InChI=1S/C14H14BrClO2/c1-17-9-8-10-2-4-11(5-3-10)14(15)12-6-7-13(16)18-12/h2-7,14H,8-9H2,1H3. The maximum Gasteiger partial charge on any atom is 0.193 e. The van der Waals surface area contributed by atoms with Crippen LogP contribution in [0.3, 0.4) is 0 Å². The normalized spacial score (nSPS) is 12.6. The molecule has 1 unspecified atom stereocenters. The van der Waals surface area contributed by atoms with Crippen molar-refractivity contribution in [1.82, 2.24) is 0 Å². The Balaban J connectivity index is 2.09. The number of rotatable bonds is 5. The fraction of sp³-hybridized carbons (Fsp3) is 0.286. The molecule has 1 aromatic carbocycles. The van der Waals surface area contributed by atoms with Crippen LogP contribution in [0.25, 0.3) is 0 Å². The molecule has 1 aromatic heterocycles. The van der Waals surface area contributed by atoms with E-state index in [1.807, 2.05) is 6.07 Å². The molecule has 0 aliphatic carbocycles. The first-order valence-electron chi connectivity index (χ1n) is 5.68. The molecule has 0 N–H and O–H groups in total. The van der Waals surface area contributed by atoms with Gasteiger partial charge in [0.15, 0.2) is 5.22 Å². The van der Waals surface area contributed by atoms with Crippen molar-refractivity contribution in [1.29, 1.82) is 0 Å². The number of furan rings is 1. The lowest BCUT2D eigenvalue weighted by molar-refractivity contribution is 0.202. The molecule has 2 nitrogen and oxygen atoms in total. The van der Waals surface area contributed by atoms with Gasteiger partial charge in [0, 0.05) is 7.11 Å². The van der Waals surface area contributed by atoms with E-state index in [1.54, 1.807) is 13.2 Å². The predicted molar refractivity (Wildman–Crippen MR) is 76.5 cm³/mol. The SMILES string of the molecule is COCCc1ccc(C(Br)c2ccc(Cl)o2)cc1. The van der Waals surface area contributed by atoms with Gasteiger partial charge in [-0.1, -0.05) is 40.2 Å². The second-order valence-electron chi connectivity index (χ2n) is 3.99. The number of methoxy groups -OCH3 is 1. The Morgan fingerprint density at radius 3 is 2.50 bits per heavy atom. The Morgan fingerprint density at radius 1 is 1.22 bits per heavy atom. The largest absolute Gasteiger partial charge is 0.448 e. The Morgan fingerprint density at radius 2 is 1.94 bits per heavy atom. The molecule has 2 aromatic rings. The smallest absolute Gasteiger partial charge is 0.193 e. The van der Waals surface area contributed by atoms with Crippen LogP contribution in [0, 0.1) is 0 Å². The Hall–Kier alpha value is -0.770. The van der Waals surface area contributed by atoms with Crippen LogP contribution < -0.4 is 0 Å². The van der Waals surface area contributed by atoms with Crippen LogP contribution in [0.5, 0.6) is 0 Å². The van der Waals surface area contributed by atoms with Crippen LogP contribution in [0.2, 0.25) is 5.22 Å². The van der Waals surface area contributed by atoms with Crippen molar-refractivity contribution in [2.75, 3.05) is 13.7 Å². The van der Waals surface area contributed by atoms with Crippen LogP contribution in [0.15, 0.2) is 40.8 Å². The Bertz CT molecular complexity index is 493. The van der Waals surface area contributed by atoms with Gasteiger partial charge in [-0.25, -0.2) is 0 Å². The van der Waals surface area contributed by atoms with Crippen molar-refractivity contribution in [2.45, 2.75) is 11.2 Å². The lowest BCUT2D eigenvalue weighted by Crippen LogP contribution is -1.96. The second-order valence-corrected chi connectivity index (χ2v) is 5.28. The van der Waals surface area contributed by atoms with E-state index < -0.39 is 0 Å². The van der Waals surface area contributed by atoms with E-state index in [0.29, 0.717) is 5.22 Å². The minimum atomic E-state index is 0.0291. The lowest BCUT2D eigenvalue weighted by Gasteiger charge is -2.08. The summed E-state index contributed by atoms with van der Waals surface area (Å²) in [4.78, 5) is 0.0291. The molecule has 0 bridgehead atoms. The summed E-state index contributed by atoms with van der Waals surface area (Å²) in [7, 11) is 1.71. The highest BCUT2D eigenvalue weighted by Crippen LogP contribution is 2.33. The van der Waals surface area contributed by atoms with Crippen molar-refractivity contribution in [3.63, 3.8) is 0 Å². The minimum Gasteiger partial charge on any atom is -0.448 e. The predicted octanol–water partition coefficient (Wildman–Crippen LogP) is 4.61. The van der Waals surface area contributed by atoms with Crippen molar-refractivity contribution < 1.29 is 9.15 Å². The lowest BCUT2D eigenvalue weighted by atomic mass is 10.1. The maximum atomic E-state index is 5.77. The summed E-state index contributed by atoms with van der Waals surface area (Å²) in [5.41, 5.74) is 2.40. The summed E-state index contributed by atoms with van der Waals surface area (Å²) in [6.07, 6.45) is 0.927. The second kappa shape index (κ2) is 6.41. The number of ether oxygens (including phenoxy) is 1. The van der Waals surface area contributed by atoms with E-state index in [2.05, 4.69) is 40.2 Å². The first-order chi connectivity index (χ1) is 8.70. The van der Waals surface area contributed by atoms with E-state index in [0.717, 1.165) is 24.4 Å². The molecular weight excluding hydrogens is 316 g/mol. The average Bonchev–Trinajstić information content (AvgIpc) is 2.83. The van der Waals surface area contributed by atoms with Crippen LogP contribution in [-0.2, 0) is 11.2 Å². The molecule has 0 aliphatic heterocycles. The highest BCUT2D eigenvalue weighted by molar-refractivity contribution is 9.09. The number of benzene rings is 1. The number of alkyl halides is 1. The molecule has 2 rings (SSSR count). The third-order valence-electron chi connectivity index (χ3n) is 2.71. The molecule has 18 heavy (non-hydrogen) atoms. The molecule has 0 saturated heterocycles. The first-order valence-corrected chi connectivity index (χ1v) is 6.97. The van der Waals surface area contributed by atoms with Gasteiger partial charge in [0.25, 0.3) is 0 Å². The van der Waals surface area contributed by atoms with Crippen LogP contribution in [-0.4, -0.2) is 13.7 Å². The molecular formula is C14H14BrClO2. The van der Waals surface area contributed by atoms with Gasteiger partial charge in [-0.05, 0) is 41.3 Å². The number of hydrogen-bond donors (Lipinski definition) is 0. The molecule has 0 amide bonds. The van der Waals surface area contributed by atoms with Crippen LogP contribution >= 0.6 is 27.5 Å².